The van der Waals surface area contributed by atoms with E-state index in [9.17, 15) is 4.79 Å². The Balaban J connectivity index is 2.03. The molecule has 0 saturated heterocycles. The molecule has 0 bridgehead atoms. The molecule has 19 heavy (non-hydrogen) atoms. The summed E-state index contributed by atoms with van der Waals surface area (Å²) in [6.07, 6.45) is 5.08. The van der Waals surface area contributed by atoms with Crippen molar-refractivity contribution in [2.24, 2.45) is 5.92 Å². The fourth-order valence-electron chi connectivity index (χ4n) is 2.70. The molecule has 2 unspecified atom stereocenters. The molecule has 2 atom stereocenters. The molecule has 3 heteroatoms. The molecule has 0 aliphatic heterocycles. The van der Waals surface area contributed by atoms with E-state index in [1.54, 1.807) is 0 Å². The Labute approximate surface area is 114 Å². The number of carbonyl (C=O) groups is 1. The number of nitrogens with zero attached hydrogens (tertiary/aromatic N) is 1. The number of carbonyl (C=O) groups excluding carboxylic acids is 1. The van der Waals surface area contributed by atoms with E-state index in [-0.39, 0.29) is 5.91 Å². The van der Waals surface area contributed by atoms with Gasteiger partial charge in [-0.05, 0) is 36.5 Å². The van der Waals surface area contributed by atoms with Crippen molar-refractivity contribution in [3.05, 3.63) is 35.4 Å². The molecule has 0 spiro atoms. The van der Waals surface area contributed by atoms with E-state index >= 15 is 0 Å². The fraction of sp³-hybridized carbons (Fsp3) is 0.500. The molecule has 1 saturated carbocycles. The van der Waals surface area contributed by atoms with Gasteiger partial charge < -0.3 is 5.32 Å². The third-order valence-corrected chi connectivity index (χ3v) is 3.90. The van der Waals surface area contributed by atoms with Crippen LogP contribution in [-0.4, -0.2) is 11.9 Å². The summed E-state index contributed by atoms with van der Waals surface area (Å²) in [5, 5.41) is 11.8. The molecule has 0 radical (unpaired) electrons. The number of nitriles is 1. The summed E-state index contributed by atoms with van der Waals surface area (Å²) in [6, 6.07) is 9.74. The van der Waals surface area contributed by atoms with Gasteiger partial charge in [0.2, 0.25) is 0 Å². The number of amides is 1. The second-order valence-corrected chi connectivity index (χ2v) is 5.38. The van der Waals surface area contributed by atoms with Crippen LogP contribution < -0.4 is 5.32 Å². The van der Waals surface area contributed by atoms with Crippen LogP contribution in [0.15, 0.2) is 24.3 Å². The summed E-state index contributed by atoms with van der Waals surface area (Å²) in [5.41, 5.74) is 1.55. The van der Waals surface area contributed by atoms with Crippen LogP contribution in [0, 0.1) is 17.2 Å². The van der Waals surface area contributed by atoms with E-state index in [0.29, 0.717) is 23.9 Å². The van der Waals surface area contributed by atoms with Gasteiger partial charge in [-0.25, -0.2) is 0 Å². The van der Waals surface area contributed by atoms with E-state index in [0.717, 1.165) is 12.0 Å². The molecule has 100 valence electrons. The molecular weight excluding hydrogens is 236 g/mol. The maximum absolute atomic E-state index is 12.2. The number of benzene rings is 1. The predicted octanol–water partition coefficient (Wildman–Crippen LogP) is 3.06. The van der Waals surface area contributed by atoms with E-state index in [4.69, 9.17) is 5.26 Å². The minimum Gasteiger partial charge on any atom is -0.349 e. The van der Waals surface area contributed by atoms with Gasteiger partial charge in [0.15, 0.2) is 0 Å². The third-order valence-electron chi connectivity index (χ3n) is 3.90. The molecule has 1 aliphatic carbocycles. The molecule has 1 amide bonds. The van der Waals surface area contributed by atoms with Crippen molar-refractivity contribution in [3.8, 4) is 6.07 Å². The van der Waals surface area contributed by atoms with Gasteiger partial charge in [-0.15, -0.1) is 0 Å². The van der Waals surface area contributed by atoms with Crippen LogP contribution in [0.2, 0.25) is 0 Å². The Morgan fingerprint density at radius 2 is 2.21 bits per heavy atom. The molecule has 1 aliphatic rings. The van der Waals surface area contributed by atoms with Crippen LogP contribution in [0.1, 0.15) is 48.5 Å². The fourth-order valence-corrected chi connectivity index (χ4v) is 2.70. The molecule has 1 aromatic rings. The minimum absolute atomic E-state index is 0.0152. The monoisotopic (exact) mass is 256 g/mol. The van der Waals surface area contributed by atoms with Gasteiger partial charge in [0.1, 0.15) is 0 Å². The topological polar surface area (TPSA) is 52.9 Å². The molecular formula is C16H20N2O. The Bertz CT molecular complexity index is 490. The molecule has 2 rings (SSSR count). The molecule has 1 fully saturated rings. The van der Waals surface area contributed by atoms with E-state index in [1.807, 2.05) is 24.3 Å². The van der Waals surface area contributed by atoms with Crippen LogP contribution in [0.5, 0.6) is 0 Å². The highest BCUT2D eigenvalue weighted by atomic mass is 16.1. The number of hydrogen-bond donors (Lipinski definition) is 1. The lowest BCUT2D eigenvalue weighted by Crippen LogP contribution is -2.41. The highest BCUT2D eigenvalue weighted by Crippen LogP contribution is 2.24. The summed E-state index contributed by atoms with van der Waals surface area (Å²) in [7, 11) is 0. The first-order valence-corrected chi connectivity index (χ1v) is 6.97. The van der Waals surface area contributed by atoms with Gasteiger partial charge in [-0.3, -0.25) is 4.79 Å². The average Bonchev–Trinajstić information content (AvgIpc) is 2.42. The van der Waals surface area contributed by atoms with Gasteiger partial charge in [0, 0.05) is 11.6 Å². The van der Waals surface area contributed by atoms with Crippen LogP contribution in [0.4, 0.5) is 0 Å². The van der Waals surface area contributed by atoms with Crippen LogP contribution in [-0.2, 0) is 6.42 Å². The second-order valence-electron chi connectivity index (χ2n) is 5.38. The first-order chi connectivity index (χ1) is 9.20. The van der Waals surface area contributed by atoms with Crippen molar-refractivity contribution >= 4 is 5.91 Å². The normalized spacial score (nSPS) is 22.5. The second kappa shape index (κ2) is 6.38. The maximum Gasteiger partial charge on any atom is 0.251 e. The smallest absolute Gasteiger partial charge is 0.251 e. The average molecular weight is 256 g/mol. The standard InChI is InChI=1S/C16H20N2O/c1-12-5-2-3-8-15(12)18-16(19)14-7-4-6-13(11-14)9-10-17/h4,6-7,11-12,15H,2-3,5,8-9H2,1H3,(H,18,19). The molecule has 1 aromatic carbocycles. The van der Waals surface area contributed by atoms with Crippen LogP contribution >= 0.6 is 0 Å². The summed E-state index contributed by atoms with van der Waals surface area (Å²) in [4.78, 5) is 12.2. The number of rotatable bonds is 3. The van der Waals surface area contributed by atoms with Crippen molar-refractivity contribution in [2.75, 3.05) is 0 Å². The predicted molar refractivity (Wildman–Crippen MR) is 74.6 cm³/mol. The van der Waals surface area contributed by atoms with Gasteiger partial charge >= 0.3 is 0 Å². The largest absolute Gasteiger partial charge is 0.349 e. The number of hydrogen-bond acceptors (Lipinski definition) is 2. The SMILES string of the molecule is CC1CCCCC1NC(=O)c1cccc(CC#N)c1. The van der Waals surface area contributed by atoms with Crippen molar-refractivity contribution in [1.82, 2.24) is 5.32 Å². The van der Waals surface area contributed by atoms with Gasteiger partial charge in [0.25, 0.3) is 5.91 Å². The van der Waals surface area contributed by atoms with E-state index < -0.39 is 0 Å². The van der Waals surface area contributed by atoms with Gasteiger partial charge in [-0.1, -0.05) is 31.9 Å². The Morgan fingerprint density at radius 1 is 1.42 bits per heavy atom. The highest BCUT2D eigenvalue weighted by molar-refractivity contribution is 5.94. The Kier molecular flexibility index (Phi) is 4.57. The summed E-state index contributed by atoms with van der Waals surface area (Å²) in [5.74, 6) is 0.540. The number of nitrogens with one attached hydrogen (secondary N) is 1. The molecule has 3 nitrogen and oxygen atoms in total. The first kappa shape index (κ1) is 13.6. The van der Waals surface area contributed by atoms with Crippen LogP contribution in [0.3, 0.4) is 0 Å². The van der Waals surface area contributed by atoms with Gasteiger partial charge in [-0.2, -0.15) is 5.26 Å². The van der Waals surface area contributed by atoms with Crippen molar-refractivity contribution in [3.63, 3.8) is 0 Å². The Morgan fingerprint density at radius 3 is 2.95 bits per heavy atom. The van der Waals surface area contributed by atoms with E-state index in [2.05, 4.69) is 18.3 Å². The van der Waals surface area contributed by atoms with Crippen molar-refractivity contribution in [1.29, 1.82) is 5.26 Å². The quantitative estimate of drug-likeness (QED) is 0.903. The van der Waals surface area contributed by atoms with Crippen molar-refractivity contribution < 1.29 is 4.79 Å². The third kappa shape index (κ3) is 3.57. The zero-order valence-electron chi connectivity index (χ0n) is 11.4. The van der Waals surface area contributed by atoms with Crippen molar-refractivity contribution in [2.45, 2.75) is 45.1 Å². The lowest BCUT2D eigenvalue weighted by Gasteiger charge is -2.29. The molecule has 0 heterocycles. The summed E-state index contributed by atoms with van der Waals surface area (Å²) < 4.78 is 0. The minimum atomic E-state index is -0.0152. The summed E-state index contributed by atoms with van der Waals surface area (Å²) in [6.45, 7) is 2.20. The lowest BCUT2D eigenvalue weighted by atomic mass is 9.86. The molecule has 0 aromatic heterocycles. The van der Waals surface area contributed by atoms with Crippen LogP contribution in [0.25, 0.3) is 0 Å². The zero-order valence-corrected chi connectivity index (χ0v) is 11.4. The Hall–Kier alpha value is -1.82. The molecule has 1 N–H and O–H groups in total. The highest BCUT2D eigenvalue weighted by Gasteiger charge is 2.23. The van der Waals surface area contributed by atoms with E-state index in [1.165, 1.54) is 19.3 Å². The first-order valence-electron chi connectivity index (χ1n) is 6.97. The maximum atomic E-state index is 12.2. The van der Waals surface area contributed by atoms with Gasteiger partial charge in [0.05, 0.1) is 12.5 Å². The lowest BCUT2D eigenvalue weighted by molar-refractivity contribution is 0.0910. The zero-order chi connectivity index (χ0) is 13.7. The summed E-state index contributed by atoms with van der Waals surface area (Å²) >= 11 is 0.